The number of carboxylic acid groups (broad SMARTS) is 1. The first-order valence-corrected chi connectivity index (χ1v) is 5.72. The number of fused-ring (bicyclic) bond motifs is 1. The van der Waals surface area contributed by atoms with E-state index >= 15 is 0 Å². The van der Waals surface area contributed by atoms with Crippen molar-refractivity contribution in [3.63, 3.8) is 0 Å². The third-order valence-corrected chi connectivity index (χ3v) is 3.65. The van der Waals surface area contributed by atoms with E-state index in [1.54, 1.807) is 17.5 Å². The van der Waals surface area contributed by atoms with Crippen molar-refractivity contribution in [1.82, 2.24) is 0 Å². The van der Waals surface area contributed by atoms with Gasteiger partial charge in [0.1, 0.15) is 0 Å². The van der Waals surface area contributed by atoms with E-state index in [1.165, 1.54) is 6.07 Å². The van der Waals surface area contributed by atoms with Crippen molar-refractivity contribution in [1.29, 1.82) is 0 Å². The largest absolute Gasteiger partial charge is 0.479 e. The van der Waals surface area contributed by atoms with Gasteiger partial charge in [0, 0.05) is 10.3 Å². The summed E-state index contributed by atoms with van der Waals surface area (Å²) in [5.74, 6) is -2.11. The molecule has 0 bridgehead atoms. The molecule has 1 atom stereocenters. The number of nitrogens with two attached hydrogens (primary N) is 1. The molecule has 3 N–H and O–H groups in total. The first kappa shape index (κ1) is 12.8. The van der Waals surface area contributed by atoms with E-state index in [0.29, 0.717) is 5.39 Å². The average molecular weight is 275 g/mol. The first-order valence-electron chi connectivity index (χ1n) is 4.84. The maximum Gasteiger partial charge on any atom is 0.421 e. The fraction of sp³-hybridized carbons (Fsp3) is 0.182. The summed E-state index contributed by atoms with van der Waals surface area (Å²) < 4.78 is 39.2. The summed E-state index contributed by atoms with van der Waals surface area (Å²) in [6, 6.07) is 5.68. The number of rotatable bonds is 2. The molecule has 7 heteroatoms. The third kappa shape index (κ3) is 1.67. The van der Waals surface area contributed by atoms with Crippen LogP contribution >= 0.6 is 11.3 Å². The summed E-state index contributed by atoms with van der Waals surface area (Å²) in [6.07, 6.45) is -5.07. The number of alkyl halides is 3. The molecule has 3 nitrogen and oxygen atoms in total. The van der Waals surface area contributed by atoms with Crippen molar-refractivity contribution in [3.8, 4) is 0 Å². The Kier molecular flexibility index (Phi) is 2.83. The van der Waals surface area contributed by atoms with Crippen LogP contribution in [0.1, 0.15) is 5.56 Å². The van der Waals surface area contributed by atoms with Crippen molar-refractivity contribution in [2.24, 2.45) is 5.73 Å². The topological polar surface area (TPSA) is 63.3 Å². The minimum atomic E-state index is -5.07. The first-order chi connectivity index (χ1) is 8.28. The second kappa shape index (κ2) is 3.96. The number of benzene rings is 1. The van der Waals surface area contributed by atoms with Gasteiger partial charge in [-0.1, -0.05) is 18.2 Å². The predicted molar refractivity (Wildman–Crippen MR) is 61.4 cm³/mol. The van der Waals surface area contributed by atoms with Gasteiger partial charge < -0.3 is 10.8 Å². The van der Waals surface area contributed by atoms with Gasteiger partial charge in [-0.25, -0.2) is 4.79 Å². The number of carbonyl (C=O) groups is 1. The van der Waals surface area contributed by atoms with Crippen molar-refractivity contribution in [2.75, 3.05) is 0 Å². The number of halogens is 3. The minimum absolute atomic E-state index is 0.236. The van der Waals surface area contributed by atoms with Crippen LogP contribution in [-0.4, -0.2) is 17.3 Å². The molecule has 0 saturated carbocycles. The van der Waals surface area contributed by atoms with Crippen LogP contribution in [0.3, 0.4) is 0 Å². The second-order valence-corrected chi connectivity index (χ2v) is 4.67. The molecule has 1 aromatic carbocycles. The SMILES string of the molecule is NC(C(=O)O)(c1cccc2ccsc12)C(F)(F)F. The molecule has 96 valence electrons. The Morgan fingerprint density at radius 2 is 1.94 bits per heavy atom. The van der Waals surface area contributed by atoms with E-state index in [9.17, 15) is 18.0 Å². The molecule has 0 aliphatic rings. The fourth-order valence-corrected chi connectivity index (χ4v) is 2.67. The monoisotopic (exact) mass is 275 g/mol. The highest BCUT2D eigenvalue weighted by Crippen LogP contribution is 2.41. The van der Waals surface area contributed by atoms with Crippen LogP contribution in [0.25, 0.3) is 10.1 Å². The number of hydrogen-bond acceptors (Lipinski definition) is 3. The highest BCUT2D eigenvalue weighted by molar-refractivity contribution is 7.17. The Morgan fingerprint density at radius 3 is 2.50 bits per heavy atom. The molecule has 0 fully saturated rings. The van der Waals surface area contributed by atoms with E-state index in [4.69, 9.17) is 10.8 Å². The minimum Gasteiger partial charge on any atom is -0.479 e. The maximum absolute atomic E-state index is 13.0. The highest BCUT2D eigenvalue weighted by Gasteiger charge is 2.60. The highest BCUT2D eigenvalue weighted by atomic mass is 32.1. The summed E-state index contributed by atoms with van der Waals surface area (Å²) in [6.45, 7) is 0. The molecule has 0 radical (unpaired) electrons. The van der Waals surface area contributed by atoms with Crippen LogP contribution < -0.4 is 5.73 Å². The summed E-state index contributed by atoms with van der Waals surface area (Å²) in [5, 5.41) is 11.0. The molecule has 0 aliphatic carbocycles. The lowest BCUT2D eigenvalue weighted by Gasteiger charge is -2.28. The van der Waals surface area contributed by atoms with Crippen molar-refractivity contribution in [2.45, 2.75) is 11.7 Å². The zero-order chi connectivity index (χ0) is 13.6. The molecule has 2 rings (SSSR count). The Hall–Kier alpha value is -1.60. The molecule has 1 aromatic heterocycles. The van der Waals surface area contributed by atoms with Gasteiger partial charge in [-0.05, 0) is 16.8 Å². The Morgan fingerprint density at radius 1 is 1.28 bits per heavy atom. The molecule has 18 heavy (non-hydrogen) atoms. The molecule has 1 heterocycles. The molecule has 2 aromatic rings. The van der Waals surface area contributed by atoms with Crippen molar-refractivity contribution >= 4 is 27.4 Å². The number of hydrogen-bond donors (Lipinski definition) is 2. The average Bonchev–Trinajstić information content (AvgIpc) is 2.73. The zero-order valence-corrected chi connectivity index (χ0v) is 9.68. The van der Waals surface area contributed by atoms with Gasteiger partial charge >= 0.3 is 12.1 Å². The van der Waals surface area contributed by atoms with Crippen LogP contribution in [-0.2, 0) is 10.3 Å². The van der Waals surface area contributed by atoms with Gasteiger partial charge in [-0.15, -0.1) is 11.3 Å². The van der Waals surface area contributed by atoms with Gasteiger partial charge in [0.15, 0.2) is 0 Å². The van der Waals surface area contributed by atoms with E-state index in [1.807, 2.05) is 0 Å². The summed E-state index contributed by atoms with van der Waals surface area (Å²) in [4.78, 5) is 11.0. The molecular weight excluding hydrogens is 267 g/mol. The molecule has 0 amide bonds. The van der Waals surface area contributed by atoms with Crippen molar-refractivity contribution < 1.29 is 23.1 Å². The van der Waals surface area contributed by atoms with Crippen LogP contribution in [0.5, 0.6) is 0 Å². The van der Waals surface area contributed by atoms with Gasteiger partial charge in [-0.3, -0.25) is 0 Å². The van der Waals surface area contributed by atoms with Crippen LogP contribution in [0.4, 0.5) is 13.2 Å². The lowest BCUT2D eigenvalue weighted by atomic mass is 9.89. The standard InChI is InChI=1S/C11H8F3NO2S/c12-11(13,14)10(15,9(16)17)7-3-1-2-6-4-5-18-8(6)7/h1-5H,15H2,(H,16,17). The van der Waals surface area contributed by atoms with Gasteiger partial charge in [-0.2, -0.15) is 13.2 Å². The van der Waals surface area contributed by atoms with Crippen LogP contribution in [0, 0.1) is 0 Å². The molecular formula is C11H8F3NO2S. The van der Waals surface area contributed by atoms with Crippen LogP contribution in [0.2, 0.25) is 0 Å². The summed E-state index contributed by atoms with van der Waals surface area (Å²) >= 11 is 1.03. The van der Waals surface area contributed by atoms with Gasteiger partial charge in [0.2, 0.25) is 5.54 Å². The molecule has 0 saturated heterocycles. The number of aliphatic carboxylic acids is 1. The summed E-state index contributed by atoms with van der Waals surface area (Å²) in [7, 11) is 0. The van der Waals surface area contributed by atoms with Gasteiger partial charge in [0.25, 0.3) is 0 Å². The number of carboxylic acids is 1. The quantitative estimate of drug-likeness (QED) is 0.885. The van der Waals surface area contributed by atoms with Gasteiger partial charge in [0.05, 0.1) is 0 Å². The Balaban J connectivity index is 2.78. The number of thiophene rings is 1. The summed E-state index contributed by atoms with van der Waals surface area (Å²) in [5.41, 5.74) is 1.32. The maximum atomic E-state index is 13.0. The van der Waals surface area contributed by atoms with Crippen molar-refractivity contribution in [3.05, 3.63) is 35.2 Å². The molecule has 0 aliphatic heterocycles. The lowest BCUT2D eigenvalue weighted by molar-refractivity contribution is -0.204. The van der Waals surface area contributed by atoms with E-state index in [0.717, 1.165) is 17.4 Å². The van der Waals surface area contributed by atoms with Crippen LogP contribution in [0.15, 0.2) is 29.6 Å². The third-order valence-electron chi connectivity index (χ3n) is 2.69. The second-order valence-electron chi connectivity index (χ2n) is 3.76. The van der Waals surface area contributed by atoms with E-state index in [2.05, 4.69) is 0 Å². The molecule has 0 spiro atoms. The predicted octanol–water partition coefficient (Wildman–Crippen LogP) is 2.70. The fourth-order valence-electron chi connectivity index (χ4n) is 1.69. The smallest absolute Gasteiger partial charge is 0.421 e. The normalized spacial score (nSPS) is 15.6. The Bertz CT molecular complexity index is 608. The Labute approximate surface area is 104 Å². The lowest BCUT2D eigenvalue weighted by Crippen LogP contribution is -2.56. The molecule has 1 unspecified atom stereocenters. The van der Waals surface area contributed by atoms with E-state index < -0.39 is 23.2 Å². The zero-order valence-electron chi connectivity index (χ0n) is 8.86. The van der Waals surface area contributed by atoms with E-state index in [-0.39, 0.29) is 4.70 Å².